The van der Waals surface area contributed by atoms with Crippen LogP contribution in [0.25, 0.3) is 0 Å². The third kappa shape index (κ3) is 1.67. The number of carbonyl (C=O) groups excluding carboxylic acids is 1. The molecule has 0 bridgehead atoms. The highest BCUT2D eigenvalue weighted by Crippen LogP contribution is 2.61. The summed E-state index contributed by atoms with van der Waals surface area (Å²) in [6.07, 6.45) is 3.94. The van der Waals surface area contributed by atoms with Gasteiger partial charge in [-0.05, 0) is 42.7 Å². The minimum atomic E-state index is -0.445. The molecule has 1 heterocycles. The molecule has 1 aromatic rings. The molecular formula is C13H17NO3. The molecule has 3 unspecified atom stereocenters. The van der Waals surface area contributed by atoms with Gasteiger partial charge in [0.2, 0.25) is 5.76 Å². The average Bonchev–Trinajstić information content (AvgIpc) is 2.81. The van der Waals surface area contributed by atoms with Crippen molar-refractivity contribution in [3.8, 4) is 0 Å². The zero-order chi connectivity index (χ0) is 12.0. The molecule has 0 aromatic carbocycles. The van der Waals surface area contributed by atoms with E-state index >= 15 is 0 Å². The maximum Gasteiger partial charge on any atom is 0.373 e. The van der Waals surface area contributed by atoms with Gasteiger partial charge in [-0.2, -0.15) is 0 Å². The van der Waals surface area contributed by atoms with E-state index in [9.17, 15) is 4.79 Å². The van der Waals surface area contributed by atoms with Crippen LogP contribution in [-0.2, 0) is 4.74 Å². The summed E-state index contributed by atoms with van der Waals surface area (Å²) in [5.74, 6) is 2.64. The van der Waals surface area contributed by atoms with Crippen molar-refractivity contribution in [2.75, 3.05) is 7.11 Å². The molecule has 4 heteroatoms. The molecule has 4 nitrogen and oxygen atoms in total. The van der Waals surface area contributed by atoms with Gasteiger partial charge in [-0.15, -0.1) is 0 Å². The van der Waals surface area contributed by atoms with E-state index in [4.69, 9.17) is 10.2 Å². The Kier molecular flexibility index (Phi) is 2.47. The normalized spacial score (nSPS) is 32.0. The first-order chi connectivity index (χ1) is 8.22. The Morgan fingerprint density at radius 3 is 2.82 bits per heavy atom. The highest BCUT2D eigenvalue weighted by molar-refractivity contribution is 5.86. The van der Waals surface area contributed by atoms with E-state index in [1.165, 1.54) is 26.4 Å². The first-order valence-electron chi connectivity index (χ1n) is 6.16. The lowest BCUT2D eigenvalue weighted by atomic mass is 10.0. The highest BCUT2D eigenvalue weighted by Gasteiger charge is 2.55. The van der Waals surface area contributed by atoms with Crippen LogP contribution < -0.4 is 5.73 Å². The maximum atomic E-state index is 11.3. The molecule has 0 saturated heterocycles. The van der Waals surface area contributed by atoms with E-state index in [1.54, 1.807) is 12.1 Å². The second-order valence-corrected chi connectivity index (χ2v) is 5.06. The van der Waals surface area contributed by atoms with Gasteiger partial charge >= 0.3 is 5.97 Å². The molecule has 3 rings (SSSR count). The number of carbonyl (C=O) groups is 1. The summed E-state index contributed by atoms with van der Waals surface area (Å²) in [5, 5.41) is 0. The second-order valence-electron chi connectivity index (χ2n) is 5.06. The Balaban J connectivity index is 1.72. The molecule has 3 atom stereocenters. The Labute approximate surface area is 100 Å². The molecule has 2 fully saturated rings. The predicted octanol–water partition coefficient (Wildman–Crippen LogP) is 2.11. The number of hydrogen-bond donors (Lipinski definition) is 1. The van der Waals surface area contributed by atoms with Crippen molar-refractivity contribution in [1.29, 1.82) is 0 Å². The van der Waals surface area contributed by atoms with Gasteiger partial charge in [-0.1, -0.05) is 6.42 Å². The predicted molar refractivity (Wildman–Crippen MR) is 61.3 cm³/mol. The van der Waals surface area contributed by atoms with Gasteiger partial charge in [-0.3, -0.25) is 0 Å². The Morgan fingerprint density at radius 2 is 2.18 bits per heavy atom. The molecule has 17 heavy (non-hydrogen) atoms. The summed E-state index contributed by atoms with van der Waals surface area (Å²) in [4.78, 5) is 11.3. The molecule has 0 radical (unpaired) electrons. The van der Waals surface area contributed by atoms with Gasteiger partial charge < -0.3 is 14.9 Å². The smallest absolute Gasteiger partial charge is 0.373 e. The largest absolute Gasteiger partial charge is 0.463 e. The van der Waals surface area contributed by atoms with Crippen LogP contribution in [0.5, 0.6) is 0 Å². The molecular weight excluding hydrogens is 218 g/mol. The van der Waals surface area contributed by atoms with Gasteiger partial charge in [0.15, 0.2) is 0 Å². The lowest BCUT2D eigenvalue weighted by Gasteiger charge is -2.10. The maximum absolute atomic E-state index is 11.3. The SMILES string of the molecule is COC(=O)c1ccc(C(N)C2C3CCCC32)o1. The van der Waals surface area contributed by atoms with E-state index in [0.29, 0.717) is 11.7 Å². The van der Waals surface area contributed by atoms with Crippen molar-refractivity contribution < 1.29 is 13.9 Å². The van der Waals surface area contributed by atoms with Crippen LogP contribution in [-0.4, -0.2) is 13.1 Å². The fraction of sp³-hybridized carbons (Fsp3) is 0.615. The van der Waals surface area contributed by atoms with E-state index < -0.39 is 5.97 Å². The van der Waals surface area contributed by atoms with Crippen LogP contribution >= 0.6 is 0 Å². The van der Waals surface area contributed by atoms with Crippen molar-refractivity contribution in [2.45, 2.75) is 25.3 Å². The molecule has 0 aliphatic heterocycles. The van der Waals surface area contributed by atoms with Gasteiger partial charge in [0.05, 0.1) is 13.2 Å². The van der Waals surface area contributed by atoms with E-state index in [0.717, 1.165) is 11.8 Å². The van der Waals surface area contributed by atoms with Crippen LogP contribution in [0.15, 0.2) is 16.5 Å². The van der Waals surface area contributed by atoms with Crippen LogP contribution in [0.2, 0.25) is 0 Å². The summed E-state index contributed by atoms with van der Waals surface area (Å²) < 4.78 is 10.1. The van der Waals surface area contributed by atoms with Crippen LogP contribution in [0.4, 0.5) is 0 Å². The van der Waals surface area contributed by atoms with Crippen molar-refractivity contribution >= 4 is 5.97 Å². The summed E-state index contributed by atoms with van der Waals surface area (Å²) in [6.45, 7) is 0. The lowest BCUT2D eigenvalue weighted by molar-refractivity contribution is 0.0562. The number of fused-ring (bicyclic) bond motifs is 1. The lowest BCUT2D eigenvalue weighted by Crippen LogP contribution is -2.14. The standard InChI is InChI=1S/C13H17NO3/c1-16-13(15)10-6-5-9(17-10)12(14)11-7-3-2-4-8(7)11/h5-8,11-12H,2-4,14H2,1H3. The quantitative estimate of drug-likeness (QED) is 0.815. The number of hydrogen-bond acceptors (Lipinski definition) is 4. The number of rotatable bonds is 3. The minimum Gasteiger partial charge on any atom is -0.463 e. The summed E-state index contributed by atoms with van der Waals surface area (Å²) >= 11 is 0. The summed E-state index contributed by atoms with van der Waals surface area (Å²) in [5.41, 5.74) is 6.20. The number of esters is 1. The number of methoxy groups -OCH3 is 1. The van der Waals surface area contributed by atoms with Gasteiger partial charge in [0.1, 0.15) is 5.76 Å². The minimum absolute atomic E-state index is 0.0660. The highest BCUT2D eigenvalue weighted by atomic mass is 16.5. The fourth-order valence-corrected chi connectivity index (χ4v) is 3.34. The topological polar surface area (TPSA) is 65.5 Å². The zero-order valence-electron chi connectivity index (χ0n) is 9.89. The van der Waals surface area contributed by atoms with Gasteiger partial charge in [0, 0.05) is 0 Å². The Bertz CT molecular complexity index is 430. The van der Waals surface area contributed by atoms with Crippen LogP contribution in [0, 0.1) is 17.8 Å². The van der Waals surface area contributed by atoms with Gasteiger partial charge in [0.25, 0.3) is 0 Å². The first-order valence-corrected chi connectivity index (χ1v) is 6.16. The summed E-state index contributed by atoms with van der Waals surface area (Å²) in [6, 6.07) is 3.37. The van der Waals surface area contributed by atoms with Crippen molar-refractivity contribution in [2.24, 2.45) is 23.5 Å². The number of nitrogens with two attached hydrogens (primary N) is 1. The molecule has 0 amide bonds. The zero-order valence-corrected chi connectivity index (χ0v) is 9.89. The fourth-order valence-electron chi connectivity index (χ4n) is 3.34. The average molecular weight is 235 g/mol. The van der Waals surface area contributed by atoms with Crippen LogP contribution in [0.3, 0.4) is 0 Å². The van der Waals surface area contributed by atoms with Crippen LogP contribution in [0.1, 0.15) is 41.6 Å². The molecule has 2 N–H and O–H groups in total. The van der Waals surface area contributed by atoms with E-state index in [2.05, 4.69) is 4.74 Å². The second kappa shape index (κ2) is 3.88. The van der Waals surface area contributed by atoms with Crippen molar-refractivity contribution in [3.63, 3.8) is 0 Å². The number of furan rings is 1. The van der Waals surface area contributed by atoms with Gasteiger partial charge in [-0.25, -0.2) is 4.79 Å². The molecule has 2 aliphatic carbocycles. The molecule has 1 aromatic heterocycles. The number of ether oxygens (including phenoxy) is 1. The van der Waals surface area contributed by atoms with Crippen molar-refractivity contribution in [3.05, 3.63) is 23.7 Å². The molecule has 92 valence electrons. The first kappa shape index (κ1) is 10.8. The molecule has 2 saturated carbocycles. The Morgan fingerprint density at radius 1 is 1.47 bits per heavy atom. The van der Waals surface area contributed by atoms with E-state index in [-0.39, 0.29) is 11.8 Å². The van der Waals surface area contributed by atoms with E-state index in [1.807, 2.05) is 0 Å². The monoisotopic (exact) mass is 235 g/mol. The molecule has 2 aliphatic rings. The summed E-state index contributed by atoms with van der Waals surface area (Å²) in [7, 11) is 1.34. The third-order valence-electron chi connectivity index (χ3n) is 4.23. The van der Waals surface area contributed by atoms with Crippen molar-refractivity contribution in [1.82, 2.24) is 0 Å². The molecule has 0 spiro atoms. The third-order valence-corrected chi connectivity index (χ3v) is 4.23. The Hall–Kier alpha value is -1.29.